The van der Waals surface area contributed by atoms with E-state index in [1.165, 1.54) is 6.26 Å². The second-order valence-electron chi connectivity index (χ2n) is 6.81. The molecule has 6 nitrogen and oxygen atoms in total. The molecule has 3 N–H and O–H groups in total. The molecule has 2 amide bonds. The van der Waals surface area contributed by atoms with E-state index in [2.05, 4.69) is 5.32 Å². The summed E-state index contributed by atoms with van der Waals surface area (Å²) in [6, 6.07) is 0. The Morgan fingerprint density at radius 3 is 3.14 bits per heavy atom. The summed E-state index contributed by atoms with van der Waals surface area (Å²) in [5.74, 6) is 0.684. The third-order valence-corrected chi connectivity index (χ3v) is 5.41. The highest BCUT2D eigenvalue weighted by Gasteiger charge is 2.48. The van der Waals surface area contributed by atoms with Gasteiger partial charge in [0.15, 0.2) is 0 Å². The molecule has 1 aromatic heterocycles. The zero-order valence-electron chi connectivity index (χ0n) is 12.6. The van der Waals surface area contributed by atoms with Gasteiger partial charge < -0.3 is 20.4 Å². The molecular formula is C16H21N3O3. The molecule has 2 unspecified atom stereocenters. The second-order valence-corrected chi connectivity index (χ2v) is 6.81. The van der Waals surface area contributed by atoms with Crippen LogP contribution in [-0.2, 0) is 6.42 Å². The molecule has 0 aromatic carbocycles. The molecule has 118 valence electrons. The Labute approximate surface area is 129 Å². The largest absolute Gasteiger partial charge is 0.468 e. The Morgan fingerprint density at radius 1 is 1.45 bits per heavy atom. The van der Waals surface area contributed by atoms with Crippen molar-refractivity contribution in [2.75, 3.05) is 19.6 Å². The smallest absolute Gasteiger partial charge is 0.258 e. The molecule has 0 bridgehead atoms. The van der Waals surface area contributed by atoms with E-state index in [1.54, 1.807) is 4.90 Å². The van der Waals surface area contributed by atoms with Crippen LogP contribution >= 0.6 is 0 Å². The lowest BCUT2D eigenvalue weighted by Gasteiger charge is -2.23. The van der Waals surface area contributed by atoms with Crippen LogP contribution in [-0.4, -0.2) is 41.9 Å². The number of furan rings is 1. The van der Waals surface area contributed by atoms with E-state index in [0.29, 0.717) is 48.9 Å². The average molecular weight is 303 g/mol. The SMILES string of the molecule is NC12CCCC1CN(C(=O)c1coc3c1C(=O)NCCC3)C2. The topological polar surface area (TPSA) is 88.6 Å². The molecule has 0 spiro atoms. The number of carbonyl (C=O) groups is 2. The zero-order chi connectivity index (χ0) is 15.3. The van der Waals surface area contributed by atoms with Crippen LogP contribution in [0.15, 0.2) is 10.7 Å². The minimum atomic E-state index is -0.237. The van der Waals surface area contributed by atoms with Gasteiger partial charge in [0, 0.05) is 31.6 Å². The van der Waals surface area contributed by atoms with Crippen molar-refractivity contribution in [3.05, 3.63) is 23.2 Å². The number of hydrogen-bond donors (Lipinski definition) is 2. The molecule has 2 atom stereocenters. The van der Waals surface area contributed by atoms with Crippen molar-refractivity contribution >= 4 is 11.8 Å². The van der Waals surface area contributed by atoms with Crippen molar-refractivity contribution in [3.8, 4) is 0 Å². The molecular weight excluding hydrogens is 282 g/mol. The van der Waals surface area contributed by atoms with Gasteiger partial charge in [0.25, 0.3) is 11.8 Å². The molecule has 0 radical (unpaired) electrons. The molecule has 1 aliphatic carbocycles. The predicted molar refractivity (Wildman–Crippen MR) is 79.5 cm³/mol. The number of nitrogens with zero attached hydrogens (tertiary/aromatic N) is 1. The number of nitrogens with two attached hydrogens (primary N) is 1. The highest BCUT2D eigenvalue weighted by atomic mass is 16.3. The summed E-state index contributed by atoms with van der Waals surface area (Å²) in [6.45, 7) is 1.89. The van der Waals surface area contributed by atoms with E-state index in [9.17, 15) is 9.59 Å². The molecule has 6 heteroatoms. The lowest BCUT2D eigenvalue weighted by atomic mass is 9.92. The van der Waals surface area contributed by atoms with E-state index < -0.39 is 0 Å². The number of nitrogens with one attached hydrogen (secondary N) is 1. The van der Waals surface area contributed by atoms with Gasteiger partial charge in [-0.25, -0.2) is 0 Å². The number of aryl methyl sites for hydroxylation is 1. The Balaban J connectivity index is 1.62. The van der Waals surface area contributed by atoms with Crippen LogP contribution in [0.3, 0.4) is 0 Å². The summed E-state index contributed by atoms with van der Waals surface area (Å²) in [5.41, 5.74) is 7.01. The van der Waals surface area contributed by atoms with Crippen molar-refractivity contribution in [1.29, 1.82) is 0 Å². The molecule has 2 aliphatic heterocycles. The Kier molecular flexibility index (Phi) is 3.04. The van der Waals surface area contributed by atoms with E-state index in [1.807, 2.05) is 0 Å². The van der Waals surface area contributed by atoms with Gasteiger partial charge >= 0.3 is 0 Å². The van der Waals surface area contributed by atoms with Crippen LogP contribution in [0.25, 0.3) is 0 Å². The Morgan fingerprint density at radius 2 is 2.32 bits per heavy atom. The number of amides is 2. The van der Waals surface area contributed by atoms with E-state index in [-0.39, 0.29) is 17.4 Å². The molecule has 1 saturated carbocycles. The fourth-order valence-corrected chi connectivity index (χ4v) is 4.19. The zero-order valence-corrected chi connectivity index (χ0v) is 12.6. The molecule has 1 saturated heterocycles. The van der Waals surface area contributed by atoms with E-state index in [0.717, 1.165) is 25.7 Å². The lowest BCUT2D eigenvalue weighted by molar-refractivity contribution is 0.0771. The highest BCUT2D eigenvalue weighted by molar-refractivity contribution is 6.08. The Hall–Kier alpha value is -1.82. The standard InChI is InChI=1S/C16H21N3O3/c17-16-5-1-3-10(16)7-19(9-16)15(21)11-8-22-12-4-2-6-18-14(20)13(11)12/h8,10H,1-7,9,17H2,(H,18,20). The van der Waals surface area contributed by atoms with Crippen LogP contribution in [0, 0.1) is 5.92 Å². The molecule has 4 rings (SSSR count). The molecule has 1 aromatic rings. The van der Waals surface area contributed by atoms with Crippen LogP contribution in [0.1, 0.15) is 52.2 Å². The van der Waals surface area contributed by atoms with Crippen molar-refractivity contribution in [3.63, 3.8) is 0 Å². The molecule has 22 heavy (non-hydrogen) atoms. The maximum Gasteiger partial charge on any atom is 0.258 e. The van der Waals surface area contributed by atoms with Crippen molar-refractivity contribution in [1.82, 2.24) is 10.2 Å². The summed E-state index contributed by atoms with van der Waals surface area (Å²) in [4.78, 5) is 26.8. The van der Waals surface area contributed by atoms with Gasteiger partial charge in [-0.3, -0.25) is 9.59 Å². The van der Waals surface area contributed by atoms with Crippen LogP contribution in [0.4, 0.5) is 0 Å². The molecule has 3 aliphatic rings. The number of likely N-dealkylation sites (tertiary alicyclic amines) is 1. The summed E-state index contributed by atoms with van der Waals surface area (Å²) in [5, 5.41) is 2.83. The van der Waals surface area contributed by atoms with Crippen molar-refractivity contribution in [2.24, 2.45) is 11.7 Å². The van der Waals surface area contributed by atoms with E-state index >= 15 is 0 Å². The third kappa shape index (κ3) is 1.97. The predicted octanol–water partition coefficient (Wildman–Crippen LogP) is 0.909. The minimum absolute atomic E-state index is 0.124. The fraction of sp³-hybridized carbons (Fsp3) is 0.625. The number of rotatable bonds is 1. The average Bonchev–Trinajstić information content (AvgIpc) is 3.10. The quantitative estimate of drug-likeness (QED) is 0.807. The second kappa shape index (κ2) is 4.84. The van der Waals surface area contributed by atoms with E-state index in [4.69, 9.17) is 10.2 Å². The van der Waals surface area contributed by atoms with Gasteiger partial charge in [0.05, 0.1) is 11.1 Å². The van der Waals surface area contributed by atoms with Gasteiger partial charge in [-0.2, -0.15) is 0 Å². The normalized spacial score (nSPS) is 30.7. The summed E-state index contributed by atoms with van der Waals surface area (Å²) < 4.78 is 5.50. The number of hydrogen-bond acceptors (Lipinski definition) is 4. The lowest BCUT2D eigenvalue weighted by Crippen LogP contribution is -2.45. The number of fused-ring (bicyclic) bond motifs is 2. The summed E-state index contributed by atoms with van der Waals surface area (Å²) in [7, 11) is 0. The summed E-state index contributed by atoms with van der Waals surface area (Å²) in [6.07, 6.45) is 6.17. The monoisotopic (exact) mass is 303 g/mol. The van der Waals surface area contributed by atoms with Gasteiger partial charge in [0.1, 0.15) is 12.0 Å². The molecule has 2 fully saturated rings. The van der Waals surface area contributed by atoms with Crippen LogP contribution < -0.4 is 11.1 Å². The minimum Gasteiger partial charge on any atom is -0.468 e. The molecule has 3 heterocycles. The fourth-order valence-electron chi connectivity index (χ4n) is 4.19. The highest BCUT2D eigenvalue weighted by Crippen LogP contribution is 2.40. The first-order chi connectivity index (χ1) is 10.6. The van der Waals surface area contributed by atoms with Gasteiger partial charge in [-0.15, -0.1) is 0 Å². The van der Waals surface area contributed by atoms with Gasteiger partial charge in [-0.05, 0) is 25.2 Å². The first-order valence-electron chi connectivity index (χ1n) is 8.05. The van der Waals surface area contributed by atoms with Crippen LogP contribution in [0.2, 0.25) is 0 Å². The first-order valence-corrected chi connectivity index (χ1v) is 8.05. The van der Waals surface area contributed by atoms with Crippen molar-refractivity contribution < 1.29 is 14.0 Å². The third-order valence-electron chi connectivity index (χ3n) is 5.41. The van der Waals surface area contributed by atoms with Gasteiger partial charge in [0.2, 0.25) is 0 Å². The Bertz CT molecular complexity index is 639. The first kappa shape index (κ1) is 13.8. The van der Waals surface area contributed by atoms with Gasteiger partial charge in [-0.1, -0.05) is 6.42 Å². The number of carbonyl (C=O) groups excluding carboxylic acids is 2. The van der Waals surface area contributed by atoms with Crippen molar-refractivity contribution in [2.45, 2.75) is 37.6 Å². The maximum atomic E-state index is 12.8. The summed E-state index contributed by atoms with van der Waals surface area (Å²) >= 11 is 0. The maximum absolute atomic E-state index is 12.8. The van der Waals surface area contributed by atoms with Crippen LogP contribution in [0.5, 0.6) is 0 Å².